The summed E-state index contributed by atoms with van der Waals surface area (Å²) < 4.78 is 5.84. The second kappa shape index (κ2) is 13.0. The maximum atomic E-state index is 11.7. The van der Waals surface area contributed by atoms with E-state index in [1.807, 2.05) is 19.1 Å². The van der Waals surface area contributed by atoms with Crippen LogP contribution in [0, 0.1) is 0 Å². The Kier molecular flexibility index (Phi) is 12.4. The molecular formula is C18H30ClIN4O2. The molecule has 2 unspecified atom stereocenters. The van der Waals surface area contributed by atoms with Crippen molar-refractivity contribution in [2.75, 3.05) is 27.2 Å². The fourth-order valence-corrected chi connectivity index (χ4v) is 1.93. The number of carbonyl (C=O) groups is 1. The Morgan fingerprint density at radius 2 is 1.88 bits per heavy atom. The Balaban J connectivity index is 0.00000625. The van der Waals surface area contributed by atoms with E-state index in [0.29, 0.717) is 17.5 Å². The highest BCUT2D eigenvalue weighted by Gasteiger charge is 2.09. The van der Waals surface area contributed by atoms with Crippen molar-refractivity contribution in [3.8, 4) is 5.75 Å². The van der Waals surface area contributed by atoms with Crippen LogP contribution >= 0.6 is 35.6 Å². The second-order valence-electron chi connectivity index (χ2n) is 6.17. The molecule has 0 aliphatic carbocycles. The Morgan fingerprint density at radius 1 is 1.27 bits per heavy atom. The van der Waals surface area contributed by atoms with Crippen LogP contribution in [0.1, 0.15) is 27.2 Å². The fourth-order valence-electron chi connectivity index (χ4n) is 1.80. The normalized spacial score (nSPS) is 13.2. The average Bonchev–Trinajstić information content (AvgIpc) is 2.58. The number of benzene rings is 1. The number of ether oxygens (including phenoxy) is 1. The summed E-state index contributed by atoms with van der Waals surface area (Å²) in [7, 11) is 3.43. The van der Waals surface area contributed by atoms with E-state index in [-0.39, 0.29) is 48.6 Å². The molecule has 1 aromatic rings. The first kappa shape index (κ1) is 24.8. The highest BCUT2D eigenvalue weighted by atomic mass is 127. The number of likely N-dealkylation sites (N-methyl/N-ethyl adjacent to an activating group) is 1. The van der Waals surface area contributed by atoms with Gasteiger partial charge in [-0.25, -0.2) is 4.99 Å². The molecule has 26 heavy (non-hydrogen) atoms. The van der Waals surface area contributed by atoms with Crippen LogP contribution in [0.3, 0.4) is 0 Å². The van der Waals surface area contributed by atoms with E-state index in [4.69, 9.17) is 16.3 Å². The SMILES string of the molecule is CCC(C)NC(=NCC(=O)N(C)C)NCC(C)Oc1ccc(Cl)cc1.I. The molecule has 0 fully saturated rings. The van der Waals surface area contributed by atoms with Gasteiger partial charge in [-0.15, -0.1) is 24.0 Å². The summed E-state index contributed by atoms with van der Waals surface area (Å²) >= 11 is 5.87. The van der Waals surface area contributed by atoms with Crippen LogP contribution in [-0.4, -0.2) is 56.1 Å². The van der Waals surface area contributed by atoms with Crippen molar-refractivity contribution >= 4 is 47.4 Å². The molecule has 0 aliphatic rings. The predicted molar refractivity (Wildman–Crippen MR) is 119 cm³/mol. The van der Waals surface area contributed by atoms with Gasteiger partial charge in [-0.1, -0.05) is 18.5 Å². The first-order chi connectivity index (χ1) is 11.8. The monoisotopic (exact) mass is 496 g/mol. The number of carbonyl (C=O) groups excluding carboxylic acids is 1. The fraction of sp³-hybridized carbons (Fsp3) is 0.556. The third-order valence-corrected chi connectivity index (χ3v) is 3.83. The van der Waals surface area contributed by atoms with Crippen LogP contribution in [0.25, 0.3) is 0 Å². The largest absolute Gasteiger partial charge is 0.489 e. The van der Waals surface area contributed by atoms with Crippen molar-refractivity contribution in [3.05, 3.63) is 29.3 Å². The topological polar surface area (TPSA) is 66.0 Å². The van der Waals surface area contributed by atoms with Crippen LogP contribution in [0.4, 0.5) is 0 Å². The zero-order chi connectivity index (χ0) is 18.8. The van der Waals surface area contributed by atoms with E-state index in [1.165, 1.54) is 4.90 Å². The number of aliphatic imine (C=N–C) groups is 1. The van der Waals surface area contributed by atoms with Crippen LogP contribution in [0.15, 0.2) is 29.3 Å². The summed E-state index contributed by atoms with van der Waals surface area (Å²) in [4.78, 5) is 17.6. The first-order valence-electron chi connectivity index (χ1n) is 8.49. The lowest BCUT2D eigenvalue weighted by Crippen LogP contribution is -2.45. The zero-order valence-electron chi connectivity index (χ0n) is 16.1. The summed E-state index contributed by atoms with van der Waals surface area (Å²) in [5, 5.41) is 7.19. The Labute approximate surface area is 178 Å². The third-order valence-electron chi connectivity index (χ3n) is 3.57. The van der Waals surface area contributed by atoms with Gasteiger partial charge in [-0.05, 0) is 44.5 Å². The number of amides is 1. The van der Waals surface area contributed by atoms with Crippen molar-refractivity contribution in [2.45, 2.75) is 39.3 Å². The summed E-state index contributed by atoms with van der Waals surface area (Å²) in [6.45, 7) is 6.78. The van der Waals surface area contributed by atoms with Crippen molar-refractivity contribution < 1.29 is 9.53 Å². The number of hydrogen-bond acceptors (Lipinski definition) is 3. The maximum Gasteiger partial charge on any atom is 0.243 e. The third kappa shape index (κ3) is 10.1. The van der Waals surface area contributed by atoms with Crippen LogP contribution in [0.2, 0.25) is 5.02 Å². The van der Waals surface area contributed by atoms with Crippen molar-refractivity contribution in [3.63, 3.8) is 0 Å². The molecule has 1 amide bonds. The Morgan fingerprint density at radius 3 is 2.42 bits per heavy atom. The maximum absolute atomic E-state index is 11.7. The van der Waals surface area contributed by atoms with Crippen molar-refractivity contribution in [2.24, 2.45) is 4.99 Å². The van der Waals surface area contributed by atoms with Crippen LogP contribution in [0.5, 0.6) is 5.75 Å². The van der Waals surface area contributed by atoms with Gasteiger partial charge in [-0.3, -0.25) is 4.79 Å². The van der Waals surface area contributed by atoms with Crippen molar-refractivity contribution in [1.29, 1.82) is 0 Å². The minimum Gasteiger partial charge on any atom is -0.489 e. The van der Waals surface area contributed by atoms with Crippen LogP contribution < -0.4 is 15.4 Å². The lowest BCUT2D eigenvalue weighted by atomic mass is 10.3. The number of hydrogen-bond donors (Lipinski definition) is 2. The van der Waals surface area contributed by atoms with E-state index in [2.05, 4.69) is 29.5 Å². The number of nitrogens with one attached hydrogen (secondary N) is 2. The predicted octanol–water partition coefficient (Wildman–Crippen LogP) is 3.15. The molecule has 0 bridgehead atoms. The minimum absolute atomic E-state index is 0. The molecule has 1 rings (SSSR count). The van der Waals surface area contributed by atoms with Gasteiger partial charge < -0.3 is 20.3 Å². The molecule has 2 N–H and O–H groups in total. The number of guanidine groups is 1. The summed E-state index contributed by atoms with van der Waals surface area (Å²) in [5.41, 5.74) is 0. The summed E-state index contributed by atoms with van der Waals surface area (Å²) in [6, 6.07) is 7.51. The molecule has 0 saturated carbocycles. The highest BCUT2D eigenvalue weighted by molar-refractivity contribution is 14.0. The minimum atomic E-state index is -0.0744. The molecule has 0 aromatic heterocycles. The van der Waals surface area contributed by atoms with Gasteiger partial charge in [0.05, 0.1) is 6.54 Å². The van der Waals surface area contributed by atoms with E-state index in [0.717, 1.165) is 12.2 Å². The van der Waals surface area contributed by atoms with Gasteiger partial charge in [-0.2, -0.15) is 0 Å². The molecule has 0 aliphatic heterocycles. The van der Waals surface area contributed by atoms with Crippen LogP contribution in [-0.2, 0) is 4.79 Å². The lowest BCUT2D eigenvalue weighted by Gasteiger charge is -2.20. The second-order valence-corrected chi connectivity index (χ2v) is 6.61. The van der Waals surface area contributed by atoms with Gasteiger partial charge in [0, 0.05) is 25.2 Å². The molecule has 1 aromatic carbocycles. The summed E-state index contributed by atoms with van der Waals surface area (Å²) in [5.74, 6) is 1.32. The molecule has 8 heteroatoms. The molecular weight excluding hydrogens is 467 g/mol. The molecule has 0 heterocycles. The molecule has 0 radical (unpaired) electrons. The standard InChI is InChI=1S/C18H29ClN4O2.HI/c1-6-13(2)22-18(21-12-17(24)23(4)5)20-11-14(3)25-16-9-7-15(19)8-10-16;/h7-10,13-14H,6,11-12H2,1-5H3,(H2,20,21,22);1H. The zero-order valence-corrected chi connectivity index (χ0v) is 19.2. The van der Waals surface area contributed by atoms with E-state index in [9.17, 15) is 4.79 Å². The molecule has 148 valence electrons. The van der Waals surface area contributed by atoms with E-state index >= 15 is 0 Å². The van der Waals surface area contributed by atoms with E-state index < -0.39 is 0 Å². The molecule has 2 atom stereocenters. The summed E-state index contributed by atoms with van der Waals surface area (Å²) in [6.07, 6.45) is 0.883. The van der Waals surface area contributed by atoms with Gasteiger partial charge in [0.25, 0.3) is 0 Å². The van der Waals surface area contributed by atoms with Gasteiger partial charge in [0.1, 0.15) is 18.4 Å². The van der Waals surface area contributed by atoms with Gasteiger partial charge in [0.2, 0.25) is 5.91 Å². The Bertz CT molecular complexity index is 567. The number of nitrogens with zero attached hydrogens (tertiary/aromatic N) is 2. The number of rotatable bonds is 8. The lowest BCUT2D eigenvalue weighted by molar-refractivity contribution is -0.127. The highest BCUT2D eigenvalue weighted by Crippen LogP contribution is 2.16. The average molecular weight is 497 g/mol. The molecule has 0 saturated heterocycles. The van der Waals surface area contributed by atoms with Gasteiger partial charge in [0.15, 0.2) is 5.96 Å². The quantitative estimate of drug-likeness (QED) is 0.330. The number of halogens is 2. The molecule has 0 spiro atoms. The Hall–Kier alpha value is -1.22. The first-order valence-corrected chi connectivity index (χ1v) is 8.86. The smallest absolute Gasteiger partial charge is 0.243 e. The van der Waals surface area contributed by atoms with E-state index in [1.54, 1.807) is 26.2 Å². The van der Waals surface area contributed by atoms with Gasteiger partial charge >= 0.3 is 0 Å². The van der Waals surface area contributed by atoms with Crippen molar-refractivity contribution in [1.82, 2.24) is 15.5 Å². The molecule has 6 nitrogen and oxygen atoms in total.